The van der Waals surface area contributed by atoms with Gasteiger partial charge in [-0.1, -0.05) is 13.8 Å². The summed E-state index contributed by atoms with van der Waals surface area (Å²) in [6, 6.07) is 5.63. The Morgan fingerprint density at radius 2 is 2.06 bits per heavy atom. The molecule has 0 bridgehead atoms. The summed E-state index contributed by atoms with van der Waals surface area (Å²) in [7, 11) is 0. The zero-order chi connectivity index (χ0) is 12.1. The molecule has 0 saturated carbocycles. The van der Waals surface area contributed by atoms with Gasteiger partial charge >= 0.3 is 0 Å². The first-order chi connectivity index (χ1) is 7.50. The molecule has 0 N–H and O–H groups in total. The number of hydrogen-bond donors (Lipinski definition) is 0. The monoisotopic (exact) mass is 220 g/mol. The van der Waals surface area contributed by atoms with Crippen LogP contribution >= 0.6 is 0 Å². The van der Waals surface area contributed by atoms with E-state index >= 15 is 0 Å². The third kappa shape index (κ3) is 3.69. The van der Waals surface area contributed by atoms with Crippen LogP contribution < -0.4 is 4.74 Å². The lowest BCUT2D eigenvalue weighted by molar-refractivity contribution is 0.101. The van der Waals surface area contributed by atoms with Crippen LogP contribution in [0.25, 0.3) is 0 Å². The van der Waals surface area contributed by atoms with Gasteiger partial charge in [0, 0.05) is 5.56 Å². The highest BCUT2D eigenvalue weighted by Gasteiger charge is 2.05. The maximum absolute atomic E-state index is 11.2. The van der Waals surface area contributed by atoms with Gasteiger partial charge in [0.05, 0.1) is 6.61 Å². The number of carbonyl (C=O) groups is 1. The third-order valence-corrected chi connectivity index (χ3v) is 2.54. The van der Waals surface area contributed by atoms with Crippen molar-refractivity contribution in [1.29, 1.82) is 0 Å². The Morgan fingerprint density at radius 3 is 2.56 bits per heavy atom. The van der Waals surface area contributed by atoms with E-state index in [0.717, 1.165) is 29.9 Å². The highest BCUT2D eigenvalue weighted by atomic mass is 16.5. The second-order valence-corrected chi connectivity index (χ2v) is 4.56. The number of carbonyl (C=O) groups excluding carboxylic acids is 1. The average Bonchev–Trinajstić information content (AvgIpc) is 2.16. The van der Waals surface area contributed by atoms with Gasteiger partial charge in [-0.2, -0.15) is 0 Å². The zero-order valence-corrected chi connectivity index (χ0v) is 10.5. The molecule has 0 radical (unpaired) electrons. The first kappa shape index (κ1) is 12.8. The van der Waals surface area contributed by atoms with Crippen LogP contribution in [-0.2, 0) is 0 Å². The molecule has 0 unspecified atom stereocenters. The number of hydrogen-bond acceptors (Lipinski definition) is 2. The van der Waals surface area contributed by atoms with Crippen LogP contribution in [0, 0.1) is 12.8 Å². The molecular weight excluding hydrogens is 200 g/mol. The second kappa shape index (κ2) is 5.69. The van der Waals surface area contributed by atoms with Crippen LogP contribution in [0.2, 0.25) is 0 Å². The van der Waals surface area contributed by atoms with Crippen molar-refractivity contribution < 1.29 is 9.53 Å². The summed E-state index contributed by atoms with van der Waals surface area (Å²) in [5, 5.41) is 0. The van der Waals surface area contributed by atoms with Gasteiger partial charge in [-0.3, -0.25) is 4.79 Å². The minimum atomic E-state index is 0.103. The molecule has 1 aromatic rings. The average molecular weight is 220 g/mol. The number of ketones is 1. The molecule has 2 heteroatoms. The first-order valence-corrected chi connectivity index (χ1v) is 5.75. The summed E-state index contributed by atoms with van der Waals surface area (Å²) in [6.45, 7) is 8.60. The van der Waals surface area contributed by atoms with Gasteiger partial charge in [-0.05, 0) is 49.9 Å². The molecule has 0 aliphatic heterocycles. The lowest BCUT2D eigenvalue weighted by Crippen LogP contribution is -2.02. The van der Waals surface area contributed by atoms with E-state index in [1.54, 1.807) is 6.92 Å². The molecule has 16 heavy (non-hydrogen) atoms. The standard InChI is InChI=1S/C14H20O2/c1-10(2)7-8-16-13-5-6-14(12(4)15)11(3)9-13/h5-6,9-10H,7-8H2,1-4H3. The van der Waals surface area contributed by atoms with Gasteiger partial charge in [-0.25, -0.2) is 0 Å². The molecule has 0 aromatic heterocycles. The van der Waals surface area contributed by atoms with Crippen molar-refractivity contribution in [3.63, 3.8) is 0 Å². The SMILES string of the molecule is CC(=O)c1ccc(OCCC(C)C)cc1C. The fraction of sp³-hybridized carbons (Fsp3) is 0.500. The molecule has 0 atom stereocenters. The van der Waals surface area contributed by atoms with Crippen molar-refractivity contribution in [3.8, 4) is 5.75 Å². The Labute approximate surface area is 97.6 Å². The van der Waals surface area contributed by atoms with E-state index < -0.39 is 0 Å². The van der Waals surface area contributed by atoms with E-state index in [1.165, 1.54) is 0 Å². The molecule has 0 aliphatic carbocycles. The second-order valence-electron chi connectivity index (χ2n) is 4.56. The van der Waals surface area contributed by atoms with E-state index in [0.29, 0.717) is 5.92 Å². The summed E-state index contributed by atoms with van der Waals surface area (Å²) in [6.07, 6.45) is 1.05. The van der Waals surface area contributed by atoms with Crippen LogP contribution in [0.5, 0.6) is 5.75 Å². The smallest absolute Gasteiger partial charge is 0.160 e. The number of Topliss-reactive ketones (excluding diaryl/α,β-unsaturated/α-hetero) is 1. The van der Waals surface area contributed by atoms with Crippen molar-refractivity contribution in [2.24, 2.45) is 5.92 Å². The summed E-state index contributed by atoms with van der Waals surface area (Å²) in [5.74, 6) is 1.60. The Morgan fingerprint density at radius 1 is 1.38 bits per heavy atom. The van der Waals surface area contributed by atoms with Crippen molar-refractivity contribution in [2.45, 2.75) is 34.1 Å². The van der Waals surface area contributed by atoms with E-state index in [4.69, 9.17) is 4.74 Å². The Bertz CT molecular complexity index is 367. The fourth-order valence-corrected chi connectivity index (χ4v) is 1.53. The van der Waals surface area contributed by atoms with Crippen LogP contribution in [-0.4, -0.2) is 12.4 Å². The lowest BCUT2D eigenvalue weighted by atomic mass is 10.1. The minimum Gasteiger partial charge on any atom is -0.494 e. The van der Waals surface area contributed by atoms with Gasteiger partial charge in [0.1, 0.15) is 5.75 Å². The van der Waals surface area contributed by atoms with E-state index in [-0.39, 0.29) is 5.78 Å². The third-order valence-electron chi connectivity index (χ3n) is 2.54. The molecule has 0 saturated heterocycles. The first-order valence-electron chi connectivity index (χ1n) is 5.75. The topological polar surface area (TPSA) is 26.3 Å². The Balaban J connectivity index is 2.63. The van der Waals surface area contributed by atoms with Gasteiger partial charge < -0.3 is 4.74 Å². The predicted octanol–water partition coefficient (Wildman–Crippen LogP) is 3.62. The van der Waals surface area contributed by atoms with Crippen molar-refractivity contribution in [2.75, 3.05) is 6.61 Å². The van der Waals surface area contributed by atoms with Crippen molar-refractivity contribution in [3.05, 3.63) is 29.3 Å². The summed E-state index contributed by atoms with van der Waals surface area (Å²) < 4.78 is 5.62. The molecule has 0 heterocycles. The van der Waals surface area contributed by atoms with Gasteiger partial charge in [0.2, 0.25) is 0 Å². The fourth-order valence-electron chi connectivity index (χ4n) is 1.53. The molecule has 0 aliphatic rings. The summed E-state index contributed by atoms with van der Waals surface area (Å²) in [4.78, 5) is 11.2. The quantitative estimate of drug-likeness (QED) is 0.708. The van der Waals surface area contributed by atoms with Crippen LogP contribution in [0.1, 0.15) is 43.1 Å². The Kier molecular flexibility index (Phi) is 4.53. The Hall–Kier alpha value is -1.31. The van der Waals surface area contributed by atoms with Crippen LogP contribution in [0.3, 0.4) is 0 Å². The molecule has 0 fully saturated rings. The zero-order valence-electron chi connectivity index (χ0n) is 10.5. The van der Waals surface area contributed by atoms with Gasteiger partial charge in [0.25, 0.3) is 0 Å². The maximum Gasteiger partial charge on any atom is 0.160 e. The molecular formula is C14H20O2. The molecule has 1 aromatic carbocycles. The molecule has 1 rings (SSSR count). The van der Waals surface area contributed by atoms with Crippen molar-refractivity contribution >= 4 is 5.78 Å². The van der Waals surface area contributed by atoms with Crippen LogP contribution in [0.4, 0.5) is 0 Å². The molecule has 0 spiro atoms. The number of rotatable bonds is 5. The normalized spacial score (nSPS) is 10.6. The largest absolute Gasteiger partial charge is 0.494 e. The predicted molar refractivity (Wildman–Crippen MR) is 66.1 cm³/mol. The van der Waals surface area contributed by atoms with Gasteiger partial charge in [-0.15, -0.1) is 0 Å². The molecule has 2 nitrogen and oxygen atoms in total. The van der Waals surface area contributed by atoms with Gasteiger partial charge in [0.15, 0.2) is 5.78 Å². The number of aryl methyl sites for hydroxylation is 1. The molecule has 0 amide bonds. The van der Waals surface area contributed by atoms with E-state index in [9.17, 15) is 4.79 Å². The maximum atomic E-state index is 11.2. The van der Waals surface area contributed by atoms with Crippen LogP contribution in [0.15, 0.2) is 18.2 Å². The molecule has 88 valence electrons. The summed E-state index contributed by atoms with van der Waals surface area (Å²) in [5.41, 5.74) is 1.76. The van der Waals surface area contributed by atoms with Crippen molar-refractivity contribution in [1.82, 2.24) is 0 Å². The van der Waals surface area contributed by atoms with E-state index in [2.05, 4.69) is 13.8 Å². The number of ether oxygens (including phenoxy) is 1. The van der Waals surface area contributed by atoms with E-state index in [1.807, 2.05) is 25.1 Å². The minimum absolute atomic E-state index is 0.103. The number of benzene rings is 1. The highest BCUT2D eigenvalue weighted by Crippen LogP contribution is 2.18. The lowest BCUT2D eigenvalue weighted by Gasteiger charge is -2.10. The summed E-state index contributed by atoms with van der Waals surface area (Å²) >= 11 is 0. The highest BCUT2D eigenvalue weighted by molar-refractivity contribution is 5.95.